The molecule has 0 amide bonds. The molecular formula is C66H120O6. The summed E-state index contributed by atoms with van der Waals surface area (Å²) in [6.07, 6.45) is 76.0. The van der Waals surface area contributed by atoms with Crippen molar-refractivity contribution >= 4 is 17.9 Å². The van der Waals surface area contributed by atoms with Crippen molar-refractivity contribution in [1.29, 1.82) is 0 Å². The molecule has 0 aliphatic heterocycles. The highest BCUT2D eigenvalue weighted by Crippen LogP contribution is 2.18. The topological polar surface area (TPSA) is 78.9 Å². The van der Waals surface area contributed by atoms with Gasteiger partial charge >= 0.3 is 17.9 Å². The molecule has 0 fully saturated rings. The number of ether oxygens (including phenoxy) is 3. The van der Waals surface area contributed by atoms with Crippen LogP contribution in [0.5, 0.6) is 0 Å². The Morgan fingerprint density at radius 1 is 0.292 bits per heavy atom. The van der Waals surface area contributed by atoms with Crippen LogP contribution in [0.4, 0.5) is 0 Å². The van der Waals surface area contributed by atoms with E-state index in [1.807, 2.05) is 0 Å². The molecule has 0 spiro atoms. The third kappa shape index (κ3) is 58.3. The van der Waals surface area contributed by atoms with Gasteiger partial charge in [-0.1, -0.05) is 307 Å². The van der Waals surface area contributed by atoms with Gasteiger partial charge in [0, 0.05) is 19.3 Å². The molecule has 72 heavy (non-hydrogen) atoms. The van der Waals surface area contributed by atoms with E-state index in [9.17, 15) is 14.4 Å². The number of esters is 3. The van der Waals surface area contributed by atoms with E-state index in [-0.39, 0.29) is 31.1 Å². The van der Waals surface area contributed by atoms with Crippen molar-refractivity contribution < 1.29 is 28.6 Å². The van der Waals surface area contributed by atoms with Crippen LogP contribution in [-0.4, -0.2) is 37.2 Å². The Bertz CT molecular complexity index is 1250. The Kier molecular flexibility index (Phi) is 58.7. The number of carbonyl (C=O) groups is 3. The first-order chi connectivity index (χ1) is 35.5. The van der Waals surface area contributed by atoms with E-state index in [2.05, 4.69) is 69.4 Å². The quantitative estimate of drug-likeness (QED) is 0.0261. The molecule has 0 aliphatic rings. The van der Waals surface area contributed by atoms with E-state index in [0.717, 1.165) is 83.5 Å². The lowest BCUT2D eigenvalue weighted by Crippen LogP contribution is -2.30. The Balaban J connectivity index is 3.88. The summed E-state index contributed by atoms with van der Waals surface area (Å²) in [5.74, 6) is -0.854. The fourth-order valence-corrected chi connectivity index (χ4v) is 9.38. The van der Waals surface area contributed by atoms with Crippen LogP contribution in [0.2, 0.25) is 0 Å². The highest BCUT2D eigenvalue weighted by atomic mass is 16.6. The molecule has 6 nitrogen and oxygen atoms in total. The fourth-order valence-electron chi connectivity index (χ4n) is 9.38. The van der Waals surface area contributed by atoms with E-state index in [0.29, 0.717) is 19.3 Å². The van der Waals surface area contributed by atoms with Gasteiger partial charge in [-0.2, -0.15) is 0 Å². The minimum atomic E-state index is -0.763. The molecule has 0 aromatic carbocycles. The summed E-state index contributed by atoms with van der Waals surface area (Å²) in [5, 5.41) is 0. The minimum Gasteiger partial charge on any atom is -0.462 e. The fraction of sp³-hybridized carbons (Fsp3) is 0.833. The van der Waals surface area contributed by atoms with Gasteiger partial charge < -0.3 is 14.2 Å². The van der Waals surface area contributed by atoms with Gasteiger partial charge in [0.25, 0.3) is 0 Å². The minimum absolute atomic E-state index is 0.0659. The molecule has 0 rings (SSSR count). The summed E-state index contributed by atoms with van der Waals surface area (Å²) >= 11 is 0. The summed E-state index contributed by atoms with van der Waals surface area (Å²) in [4.78, 5) is 37.9. The van der Waals surface area contributed by atoms with Crippen molar-refractivity contribution in [3.8, 4) is 0 Å². The van der Waals surface area contributed by atoms with Crippen molar-refractivity contribution in [1.82, 2.24) is 0 Å². The smallest absolute Gasteiger partial charge is 0.306 e. The Hall–Kier alpha value is -2.63. The van der Waals surface area contributed by atoms with Gasteiger partial charge in [-0.05, 0) is 57.8 Å². The van der Waals surface area contributed by atoms with Crippen LogP contribution in [0.1, 0.15) is 335 Å². The molecule has 0 aromatic heterocycles. The normalized spacial score (nSPS) is 12.3. The highest BCUT2D eigenvalue weighted by Gasteiger charge is 2.19. The molecule has 0 aromatic rings. The van der Waals surface area contributed by atoms with Gasteiger partial charge in [-0.25, -0.2) is 0 Å². The van der Waals surface area contributed by atoms with E-state index < -0.39 is 6.10 Å². The summed E-state index contributed by atoms with van der Waals surface area (Å²) in [7, 11) is 0. The first-order valence-electron chi connectivity index (χ1n) is 31.6. The molecule has 0 N–H and O–H groups in total. The lowest BCUT2D eigenvalue weighted by atomic mass is 10.0. The SMILES string of the molecule is CC/C=C\C/C=C\C/C=C\C/C=C\CCCCCCCCCCCCCCCCCCCCCCCCC(=O)OCC(COC(=O)CCCCCCCCC)OC(=O)CCCCCCCCCCCCCC. The van der Waals surface area contributed by atoms with Gasteiger partial charge in [-0.15, -0.1) is 0 Å². The number of allylic oxidation sites excluding steroid dienone is 8. The van der Waals surface area contributed by atoms with Crippen LogP contribution < -0.4 is 0 Å². The Morgan fingerprint density at radius 2 is 0.542 bits per heavy atom. The number of unbranched alkanes of at least 4 members (excludes halogenated alkanes) is 39. The van der Waals surface area contributed by atoms with Crippen LogP contribution in [-0.2, 0) is 28.6 Å². The molecule has 0 aliphatic carbocycles. The molecule has 0 bridgehead atoms. The third-order valence-corrected chi connectivity index (χ3v) is 14.1. The van der Waals surface area contributed by atoms with Crippen LogP contribution in [0, 0.1) is 0 Å². The molecule has 1 atom stereocenters. The molecule has 0 radical (unpaired) electrons. The average molecular weight is 1010 g/mol. The predicted molar refractivity (Wildman–Crippen MR) is 312 cm³/mol. The standard InChI is InChI=1S/C66H120O6/c1-4-7-10-13-16-18-20-22-23-24-25-26-27-28-29-30-31-32-33-34-35-36-37-38-39-40-41-42-43-44-46-47-50-53-56-59-65(68)71-62-63(61-70-64(67)58-55-52-49-15-12-9-6-3)72-66(69)60-57-54-51-48-45-21-19-17-14-11-8-5-2/h7,10,16,18,22-23,25-26,63H,4-6,8-9,11-15,17,19-21,24,27-62H2,1-3H3/b10-7-,18-16-,23-22-,26-25-. The first-order valence-corrected chi connectivity index (χ1v) is 31.6. The molecule has 0 saturated heterocycles. The molecule has 420 valence electrons. The number of hydrogen-bond donors (Lipinski definition) is 0. The zero-order chi connectivity index (χ0) is 52.2. The second-order valence-corrected chi connectivity index (χ2v) is 21.3. The highest BCUT2D eigenvalue weighted by molar-refractivity contribution is 5.71. The molecule has 0 heterocycles. The maximum absolute atomic E-state index is 12.8. The van der Waals surface area contributed by atoms with Crippen LogP contribution in [0.25, 0.3) is 0 Å². The summed E-state index contributed by atoms with van der Waals surface area (Å²) in [5.41, 5.74) is 0. The molecule has 1 unspecified atom stereocenters. The van der Waals surface area contributed by atoms with Crippen molar-refractivity contribution in [3.63, 3.8) is 0 Å². The number of carbonyl (C=O) groups excluding carboxylic acids is 3. The average Bonchev–Trinajstić information content (AvgIpc) is 3.38. The van der Waals surface area contributed by atoms with Crippen LogP contribution >= 0.6 is 0 Å². The van der Waals surface area contributed by atoms with Gasteiger partial charge in [0.2, 0.25) is 0 Å². The zero-order valence-electron chi connectivity index (χ0n) is 48.2. The van der Waals surface area contributed by atoms with Gasteiger partial charge in [-0.3, -0.25) is 14.4 Å². The summed E-state index contributed by atoms with van der Waals surface area (Å²) in [6.45, 7) is 6.52. The van der Waals surface area contributed by atoms with Gasteiger partial charge in [0.05, 0.1) is 0 Å². The summed E-state index contributed by atoms with van der Waals surface area (Å²) in [6, 6.07) is 0. The predicted octanol–water partition coefficient (Wildman–Crippen LogP) is 21.4. The third-order valence-electron chi connectivity index (χ3n) is 14.1. The van der Waals surface area contributed by atoms with E-state index in [4.69, 9.17) is 14.2 Å². The second kappa shape index (κ2) is 60.9. The maximum Gasteiger partial charge on any atom is 0.306 e. The van der Waals surface area contributed by atoms with Crippen molar-refractivity contribution in [3.05, 3.63) is 48.6 Å². The van der Waals surface area contributed by atoms with Crippen molar-refractivity contribution in [2.75, 3.05) is 13.2 Å². The van der Waals surface area contributed by atoms with Gasteiger partial charge in [0.15, 0.2) is 6.10 Å². The summed E-state index contributed by atoms with van der Waals surface area (Å²) < 4.78 is 16.8. The lowest BCUT2D eigenvalue weighted by Gasteiger charge is -2.18. The Labute approximate surface area is 448 Å². The largest absolute Gasteiger partial charge is 0.462 e. The van der Waals surface area contributed by atoms with Crippen LogP contribution in [0.3, 0.4) is 0 Å². The van der Waals surface area contributed by atoms with Crippen molar-refractivity contribution in [2.45, 2.75) is 341 Å². The first kappa shape index (κ1) is 69.4. The van der Waals surface area contributed by atoms with Gasteiger partial charge in [0.1, 0.15) is 13.2 Å². The molecular weight excluding hydrogens is 889 g/mol. The molecule has 0 saturated carbocycles. The Morgan fingerprint density at radius 3 is 0.847 bits per heavy atom. The zero-order valence-corrected chi connectivity index (χ0v) is 48.2. The maximum atomic E-state index is 12.8. The van der Waals surface area contributed by atoms with E-state index in [1.165, 1.54) is 212 Å². The van der Waals surface area contributed by atoms with Crippen molar-refractivity contribution in [2.24, 2.45) is 0 Å². The lowest BCUT2D eigenvalue weighted by molar-refractivity contribution is -0.167. The molecule has 6 heteroatoms. The van der Waals surface area contributed by atoms with E-state index >= 15 is 0 Å². The number of rotatable bonds is 58. The van der Waals surface area contributed by atoms with E-state index in [1.54, 1.807) is 0 Å². The second-order valence-electron chi connectivity index (χ2n) is 21.3. The number of hydrogen-bond acceptors (Lipinski definition) is 6. The van der Waals surface area contributed by atoms with Crippen LogP contribution in [0.15, 0.2) is 48.6 Å². The monoisotopic (exact) mass is 1010 g/mol.